The molecule has 11 heteroatoms. The lowest BCUT2D eigenvalue weighted by atomic mass is 10.0. The van der Waals surface area contributed by atoms with Crippen LogP contribution in [0, 0.1) is 0 Å². The Morgan fingerprint density at radius 2 is 2.03 bits per heavy atom. The molecule has 0 saturated heterocycles. The second-order valence-corrected chi connectivity index (χ2v) is 9.33. The molecule has 2 N–H and O–H groups in total. The van der Waals surface area contributed by atoms with Gasteiger partial charge in [0.2, 0.25) is 5.91 Å². The Morgan fingerprint density at radius 1 is 1.31 bits per heavy atom. The normalized spacial score (nSPS) is 14.9. The maximum atomic E-state index is 13.1. The molecule has 35 heavy (non-hydrogen) atoms. The van der Waals surface area contributed by atoms with Gasteiger partial charge in [0.25, 0.3) is 5.66 Å². The second kappa shape index (κ2) is 13.0. The van der Waals surface area contributed by atoms with Crippen molar-refractivity contribution in [1.29, 1.82) is 0 Å². The number of ether oxygens (including phenoxy) is 3. The summed E-state index contributed by atoms with van der Waals surface area (Å²) < 4.78 is 42.0. The van der Waals surface area contributed by atoms with Crippen LogP contribution in [0.3, 0.4) is 0 Å². The van der Waals surface area contributed by atoms with E-state index in [1.807, 2.05) is 13.8 Å². The summed E-state index contributed by atoms with van der Waals surface area (Å²) in [4.78, 5) is 24.3. The van der Waals surface area contributed by atoms with E-state index >= 15 is 0 Å². The van der Waals surface area contributed by atoms with Crippen molar-refractivity contribution in [3.8, 4) is 5.75 Å². The third kappa shape index (κ3) is 9.59. The van der Waals surface area contributed by atoms with Crippen LogP contribution in [0.2, 0.25) is 0 Å². The van der Waals surface area contributed by atoms with E-state index < -0.39 is 24.3 Å². The van der Waals surface area contributed by atoms with Gasteiger partial charge in [0, 0.05) is 24.1 Å². The van der Waals surface area contributed by atoms with Crippen molar-refractivity contribution in [2.45, 2.75) is 51.1 Å². The Balaban J connectivity index is 2.14. The lowest BCUT2D eigenvalue weighted by molar-refractivity contribution is -0.153. The number of rotatable bonds is 12. The van der Waals surface area contributed by atoms with Crippen LogP contribution in [0.25, 0.3) is 0 Å². The van der Waals surface area contributed by atoms with Gasteiger partial charge in [-0.25, -0.2) is 4.79 Å². The van der Waals surface area contributed by atoms with E-state index in [0.717, 1.165) is 0 Å². The molecule has 2 rings (SSSR count). The van der Waals surface area contributed by atoms with Crippen LogP contribution in [0.1, 0.15) is 31.4 Å². The topological polar surface area (TPSA) is 94.1 Å². The lowest BCUT2D eigenvalue weighted by Crippen LogP contribution is -2.30. The van der Waals surface area contributed by atoms with Gasteiger partial charge in [-0.15, -0.1) is 0 Å². The summed E-state index contributed by atoms with van der Waals surface area (Å²) in [5, 5.41) is 12.4. The van der Waals surface area contributed by atoms with Crippen LogP contribution < -0.4 is 10.1 Å². The first-order valence-corrected chi connectivity index (χ1v) is 11.7. The largest absolute Gasteiger partial charge is 0.496 e. The molecular weight excluding hydrogens is 503 g/mol. The van der Waals surface area contributed by atoms with Gasteiger partial charge in [-0.3, -0.25) is 4.79 Å². The minimum Gasteiger partial charge on any atom is -0.496 e. The van der Waals surface area contributed by atoms with Gasteiger partial charge < -0.3 is 24.6 Å². The molecule has 1 aliphatic rings. The quantitative estimate of drug-likeness (QED) is 0.384. The van der Waals surface area contributed by atoms with Crippen LogP contribution >= 0.6 is 20.8 Å². The number of aliphatic carboxylic acids is 1. The summed E-state index contributed by atoms with van der Waals surface area (Å²) in [5.74, 6) is -0.728. The number of hydrogen-bond donors (Lipinski definition) is 2. The highest BCUT2D eigenvalue weighted by atomic mass is 35.5. The molecule has 0 spiro atoms. The minimum absolute atomic E-state index is 0.0473. The van der Waals surface area contributed by atoms with Gasteiger partial charge in [-0.1, -0.05) is 39.0 Å². The number of carboxylic acid groups (broad SMARTS) is 1. The van der Waals surface area contributed by atoms with Crippen LogP contribution in [0.5, 0.6) is 5.75 Å². The first-order chi connectivity index (χ1) is 16.4. The highest BCUT2D eigenvalue weighted by Gasteiger charge is 2.27. The summed E-state index contributed by atoms with van der Waals surface area (Å²) in [6, 6.07) is 4.85. The molecular formula is C24H29ClF2NO6P. The Kier molecular flexibility index (Phi) is 10.7. The van der Waals surface area contributed by atoms with Gasteiger partial charge in [-0.05, 0) is 44.1 Å². The molecule has 2 atom stereocenters. The molecule has 7 nitrogen and oxygen atoms in total. The van der Waals surface area contributed by atoms with Gasteiger partial charge in [-0.2, -0.15) is 8.78 Å². The molecule has 0 fully saturated rings. The number of methoxy groups -OCH3 is 1. The number of benzene rings is 1. The average molecular weight is 532 g/mol. The summed E-state index contributed by atoms with van der Waals surface area (Å²) in [6.45, 7) is 2.79. The third-order valence-electron chi connectivity index (χ3n) is 4.76. The predicted molar refractivity (Wildman–Crippen MR) is 132 cm³/mol. The molecule has 192 valence electrons. The van der Waals surface area contributed by atoms with Gasteiger partial charge in [0.1, 0.15) is 18.1 Å². The maximum absolute atomic E-state index is 13.1. The van der Waals surface area contributed by atoms with Crippen molar-refractivity contribution in [2.24, 2.45) is 0 Å². The Labute approximate surface area is 210 Å². The van der Waals surface area contributed by atoms with E-state index in [2.05, 4.69) is 5.32 Å². The number of carbonyl (C=O) groups excluding carboxylic acids is 1. The molecule has 1 amide bonds. The molecule has 1 aromatic rings. The number of carbonyl (C=O) groups is 2. The zero-order valence-electron chi connectivity index (χ0n) is 19.6. The standard InChI is InChI=1S/C24H29ClF2NO6P/c1-14(2)34-17-5-4-6-18(19(25)11-17)22(29)28-12-16-9-15(7-8-20(16)32-3)10-21(23(30)31)33-13-24(26,27)35/h4-5,7-9,11,14,21H,6,10,12-13,35H2,1-3H3,(H,28,29)(H,30,31). The van der Waals surface area contributed by atoms with E-state index in [1.54, 1.807) is 36.4 Å². The van der Waals surface area contributed by atoms with E-state index in [4.69, 9.17) is 25.8 Å². The minimum atomic E-state index is -3.23. The number of nitrogens with one attached hydrogen (secondary N) is 1. The molecule has 0 heterocycles. The fourth-order valence-corrected chi connectivity index (χ4v) is 3.59. The van der Waals surface area contributed by atoms with Crippen molar-refractivity contribution < 1.29 is 37.7 Å². The van der Waals surface area contributed by atoms with E-state index in [9.17, 15) is 23.5 Å². The van der Waals surface area contributed by atoms with Crippen molar-refractivity contribution in [1.82, 2.24) is 5.32 Å². The van der Waals surface area contributed by atoms with Crippen molar-refractivity contribution in [3.05, 3.63) is 63.9 Å². The fourth-order valence-electron chi connectivity index (χ4n) is 3.22. The lowest BCUT2D eigenvalue weighted by Gasteiger charge is -2.18. The number of amides is 1. The molecule has 0 saturated carbocycles. The number of hydrogen-bond acceptors (Lipinski definition) is 5. The van der Waals surface area contributed by atoms with E-state index in [1.165, 1.54) is 16.3 Å². The Hall–Kier alpha value is -2.48. The first kappa shape index (κ1) is 28.8. The number of alkyl halides is 2. The number of halogens is 3. The number of allylic oxidation sites excluding steroid dienone is 4. The average Bonchev–Trinajstić information content (AvgIpc) is 2.94. The van der Waals surface area contributed by atoms with Gasteiger partial charge in [0.05, 0.1) is 18.2 Å². The Bertz CT molecular complexity index is 1020. The SMILES string of the molecule is COc1ccc(CC(OCC(F)(F)P)C(=O)O)cc1CNC(=O)C1=C(Cl)C=C(OC(C)C)C=CC1. The van der Waals surface area contributed by atoms with Crippen LogP contribution in [-0.2, 0) is 32.0 Å². The first-order valence-electron chi connectivity index (χ1n) is 10.8. The van der Waals surface area contributed by atoms with Gasteiger partial charge >= 0.3 is 5.97 Å². The summed E-state index contributed by atoms with van der Waals surface area (Å²) in [6.07, 6.45) is 3.77. The van der Waals surface area contributed by atoms with Crippen molar-refractivity contribution >= 4 is 32.7 Å². The molecule has 1 aliphatic carbocycles. The highest BCUT2D eigenvalue weighted by Crippen LogP contribution is 2.26. The van der Waals surface area contributed by atoms with Crippen LogP contribution in [0.15, 0.2) is 52.8 Å². The summed E-state index contributed by atoms with van der Waals surface area (Å²) in [7, 11) is 2.77. The van der Waals surface area contributed by atoms with Crippen molar-refractivity contribution in [2.75, 3.05) is 13.7 Å². The third-order valence-corrected chi connectivity index (χ3v) is 5.27. The van der Waals surface area contributed by atoms with Crippen LogP contribution in [-0.4, -0.2) is 48.6 Å². The summed E-state index contributed by atoms with van der Waals surface area (Å²) in [5.41, 5.74) is -1.79. The zero-order valence-corrected chi connectivity index (χ0v) is 21.6. The van der Waals surface area contributed by atoms with Gasteiger partial charge in [0.15, 0.2) is 6.10 Å². The van der Waals surface area contributed by atoms with E-state index in [-0.39, 0.29) is 30.0 Å². The summed E-state index contributed by atoms with van der Waals surface area (Å²) >= 11 is 6.35. The smallest absolute Gasteiger partial charge is 0.333 e. The molecule has 2 unspecified atom stereocenters. The molecule has 1 aromatic carbocycles. The predicted octanol–water partition coefficient (Wildman–Crippen LogP) is 4.55. The maximum Gasteiger partial charge on any atom is 0.333 e. The molecule has 0 radical (unpaired) electrons. The Morgan fingerprint density at radius 3 is 2.63 bits per heavy atom. The van der Waals surface area contributed by atoms with Crippen LogP contribution in [0.4, 0.5) is 8.78 Å². The van der Waals surface area contributed by atoms with Crippen molar-refractivity contribution in [3.63, 3.8) is 0 Å². The molecule has 0 aliphatic heterocycles. The fraction of sp³-hybridized carbons (Fsp3) is 0.417. The monoisotopic (exact) mass is 531 g/mol. The second-order valence-electron chi connectivity index (χ2n) is 8.08. The highest BCUT2D eigenvalue weighted by molar-refractivity contribution is 7.18. The van der Waals surface area contributed by atoms with E-state index in [0.29, 0.717) is 34.6 Å². The molecule has 0 aromatic heterocycles. The molecule has 0 bridgehead atoms. The zero-order chi connectivity index (χ0) is 26.2. The number of carboxylic acids is 1.